The lowest BCUT2D eigenvalue weighted by Crippen LogP contribution is -2.49. The van der Waals surface area contributed by atoms with Crippen molar-refractivity contribution in [1.82, 2.24) is 14.5 Å². The molecule has 0 saturated carbocycles. The predicted molar refractivity (Wildman–Crippen MR) is 99.4 cm³/mol. The van der Waals surface area contributed by atoms with Gasteiger partial charge in [-0.2, -0.15) is 0 Å². The van der Waals surface area contributed by atoms with Crippen molar-refractivity contribution in [3.8, 4) is 11.1 Å². The SMILES string of the molecule is O=C(c1ccco1)N1CC2CC(C1)c1ccc(-c3cccnc3)c(=O)n1C2. The zero-order chi connectivity index (χ0) is 18.4. The number of piperidine rings is 1. The van der Waals surface area contributed by atoms with E-state index in [0.29, 0.717) is 31.0 Å². The highest BCUT2D eigenvalue weighted by Gasteiger charge is 2.37. The summed E-state index contributed by atoms with van der Waals surface area (Å²) in [5, 5.41) is 0. The van der Waals surface area contributed by atoms with Crippen molar-refractivity contribution in [3.05, 3.63) is 76.9 Å². The normalized spacial score (nSPS) is 21.0. The average molecular weight is 361 g/mol. The second-order valence-corrected chi connectivity index (χ2v) is 7.32. The molecule has 1 fully saturated rings. The number of pyridine rings is 2. The van der Waals surface area contributed by atoms with Gasteiger partial charge in [-0.25, -0.2) is 0 Å². The Morgan fingerprint density at radius 1 is 1.11 bits per heavy atom. The Morgan fingerprint density at radius 3 is 2.81 bits per heavy atom. The molecular weight excluding hydrogens is 342 g/mol. The Balaban J connectivity index is 1.49. The van der Waals surface area contributed by atoms with Gasteiger partial charge in [-0.15, -0.1) is 0 Å². The second-order valence-electron chi connectivity index (χ2n) is 7.32. The maximum absolute atomic E-state index is 13.1. The van der Waals surface area contributed by atoms with Gasteiger partial charge in [-0.05, 0) is 42.7 Å². The first-order valence-corrected chi connectivity index (χ1v) is 9.17. The van der Waals surface area contributed by atoms with Gasteiger partial charge in [-0.3, -0.25) is 14.6 Å². The smallest absolute Gasteiger partial charge is 0.289 e. The van der Waals surface area contributed by atoms with Gasteiger partial charge in [0.1, 0.15) is 0 Å². The fourth-order valence-electron chi connectivity index (χ4n) is 4.41. The number of carbonyl (C=O) groups excluding carboxylic acids is 1. The molecule has 1 saturated heterocycles. The van der Waals surface area contributed by atoms with Crippen molar-refractivity contribution >= 4 is 5.91 Å². The highest BCUT2D eigenvalue weighted by atomic mass is 16.3. The largest absolute Gasteiger partial charge is 0.459 e. The van der Waals surface area contributed by atoms with E-state index in [9.17, 15) is 9.59 Å². The molecule has 6 nitrogen and oxygen atoms in total. The van der Waals surface area contributed by atoms with Gasteiger partial charge < -0.3 is 13.9 Å². The minimum absolute atomic E-state index is 0.0287. The lowest BCUT2D eigenvalue weighted by atomic mass is 9.82. The average Bonchev–Trinajstić information content (AvgIpc) is 3.23. The van der Waals surface area contributed by atoms with Gasteiger partial charge in [0.2, 0.25) is 0 Å². The van der Waals surface area contributed by atoms with E-state index in [1.807, 2.05) is 33.7 Å². The first-order valence-electron chi connectivity index (χ1n) is 9.17. The van der Waals surface area contributed by atoms with Crippen molar-refractivity contribution < 1.29 is 9.21 Å². The molecular formula is C21H19N3O3. The van der Waals surface area contributed by atoms with Gasteiger partial charge in [0.15, 0.2) is 5.76 Å². The third kappa shape index (κ3) is 2.68. The molecule has 3 aromatic rings. The van der Waals surface area contributed by atoms with Crippen LogP contribution in [0.5, 0.6) is 0 Å². The molecule has 0 aliphatic carbocycles. The highest BCUT2D eigenvalue weighted by Crippen LogP contribution is 2.36. The van der Waals surface area contributed by atoms with Crippen LogP contribution < -0.4 is 5.56 Å². The summed E-state index contributed by atoms with van der Waals surface area (Å²) >= 11 is 0. The van der Waals surface area contributed by atoms with Crippen LogP contribution in [0, 0.1) is 5.92 Å². The number of fused-ring (bicyclic) bond motifs is 4. The maximum atomic E-state index is 13.1. The van der Waals surface area contributed by atoms with Crippen LogP contribution >= 0.6 is 0 Å². The molecule has 5 rings (SSSR count). The molecule has 2 aliphatic heterocycles. The highest BCUT2D eigenvalue weighted by molar-refractivity contribution is 5.91. The molecule has 27 heavy (non-hydrogen) atoms. The van der Waals surface area contributed by atoms with Crippen molar-refractivity contribution in [1.29, 1.82) is 0 Å². The van der Waals surface area contributed by atoms with Gasteiger partial charge in [-0.1, -0.05) is 6.07 Å². The van der Waals surface area contributed by atoms with Crippen LogP contribution in [0.4, 0.5) is 0 Å². The predicted octanol–water partition coefficient (Wildman–Crippen LogP) is 2.76. The van der Waals surface area contributed by atoms with E-state index in [0.717, 1.165) is 17.7 Å². The summed E-state index contributed by atoms with van der Waals surface area (Å²) in [7, 11) is 0. The zero-order valence-corrected chi connectivity index (χ0v) is 14.7. The molecule has 5 heterocycles. The minimum atomic E-state index is -0.0718. The molecule has 2 bridgehead atoms. The Morgan fingerprint density at radius 2 is 2.04 bits per heavy atom. The molecule has 136 valence electrons. The standard InChI is InChI=1S/C21H19N3O3/c25-20-17(15-3-1-7-22-10-15)5-6-18-16-9-14(12-24(18)20)11-23(13-16)21(26)19-4-2-8-27-19/h1-8,10,14,16H,9,11-13H2. The second kappa shape index (κ2) is 6.23. The molecule has 2 unspecified atom stereocenters. The summed E-state index contributed by atoms with van der Waals surface area (Å²) in [5.41, 5.74) is 2.56. The van der Waals surface area contributed by atoms with Gasteiger partial charge in [0, 0.05) is 54.8 Å². The first kappa shape index (κ1) is 16.1. The van der Waals surface area contributed by atoms with Crippen LogP contribution in [-0.4, -0.2) is 33.4 Å². The maximum Gasteiger partial charge on any atom is 0.289 e. The Labute approximate surface area is 156 Å². The van der Waals surface area contributed by atoms with Crippen LogP contribution in [0.25, 0.3) is 11.1 Å². The molecule has 1 amide bonds. The summed E-state index contributed by atoms with van der Waals surface area (Å²) in [6.07, 6.45) is 5.95. The molecule has 2 atom stereocenters. The number of aromatic nitrogens is 2. The van der Waals surface area contributed by atoms with E-state index in [4.69, 9.17) is 4.42 Å². The van der Waals surface area contributed by atoms with E-state index in [2.05, 4.69) is 4.98 Å². The third-order valence-corrected chi connectivity index (χ3v) is 5.60. The number of amides is 1. The van der Waals surface area contributed by atoms with E-state index < -0.39 is 0 Å². The van der Waals surface area contributed by atoms with Crippen LogP contribution in [0.2, 0.25) is 0 Å². The van der Waals surface area contributed by atoms with E-state index >= 15 is 0 Å². The van der Waals surface area contributed by atoms with Crippen molar-refractivity contribution in [2.75, 3.05) is 13.1 Å². The first-order chi connectivity index (χ1) is 13.2. The summed E-state index contributed by atoms with van der Waals surface area (Å²) < 4.78 is 7.17. The quantitative estimate of drug-likeness (QED) is 0.704. The molecule has 6 heteroatoms. The lowest BCUT2D eigenvalue weighted by Gasteiger charge is -2.42. The Kier molecular flexibility index (Phi) is 3.70. The van der Waals surface area contributed by atoms with Crippen molar-refractivity contribution in [2.45, 2.75) is 18.9 Å². The third-order valence-electron chi connectivity index (χ3n) is 5.60. The van der Waals surface area contributed by atoms with E-state index in [1.54, 1.807) is 24.5 Å². The number of carbonyl (C=O) groups is 1. The summed E-state index contributed by atoms with van der Waals surface area (Å²) in [5.74, 6) is 0.751. The molecule has 0 N–H and O–H groups in total. The van der Waals surface area contributed by atoms with Crippen LogP contribution in [0.1, 0.15) is 28.6 Å². The van der Waals surface area contributed by atoms with Crippen LogP contribution in [0.15, 0.2) is 64.3 Å². The topological polar surface area (TPSA) is 68.3 Å². The van der Waals surface area contributed by atoms with Crippen LogP contribution in [0.3, 0.4) is 0 Å². The number of likely N-dealkylation sites (tertiary alicyclic amines) is 1. The van der Waals surface area contributed by atoms with Crippen molar-refractivity contribution in [3.63, 3.8) is 0 Å². The van der Waals surface area contributed by atoms with E-state index in [1.165, 1.54) is 6.26 Å². The fourth-order valence-corrected chi connectivity index (χ4v) is 4.41. The number of furan rings is 1. The number of nitrogens with zero attached hydrogens (tertiary/aromatic N) is 3. The van der Waals surface area contributed by atoms with Crippen LogP contribution in [-0.2, 0) is 6.54 Å². The Hall–Kier alpha value is -3.15. The number of hydrogen-bond acceptors (Lipinski definition) is 4. The number of rotatable bonds is 2. The zero-order valence-electron chi connectivity index (χ0n) is 14.7. The van der Waals surface area contributed by atoms with Gasteiger partial charge >= 0.3 is 0 Å². The fraction of sp³-hybridized carbons (Fsp3) is 0.286. The summed E-state index contributed by atoms with van der Waals surface area (Å²) in [4.78, 5) is 31.7. The molecule has 0 radical (unpaired) electrons. The summed E-state index contributed by atoms with van der Waals surface area (Å²) in [6.45, 7) is 1.90. The van der Waals surface area contributed by atoms with Gasteiger partial charge in [0.25, 0.3) is 11.5 Å². The van der Waals surface area contributed by atoms with Gasteiger partial charge in [0.05, 0.1) is 6.26 Å². The lowest BCUT2D eigenvalue weighted by molar-refractivity contribution is 0.0564. The van der Waals surface area contributed by atoms with Crippen molar-refractivity contribution in [2.24, 2.45) is 5.92 Å². The monoisotopic (exact) mass is 361 g/mol. The molecule has 3 aromatic heterocycles. The molecule has 0 aromatic carbocycles. The molecule has 2 aliphatic rings. The summed E-state index contributed by atoms with van der Waals surface area (Å²) in [6, 6.07) is 11.1. The number of hydrogen-bond donors (Lipinski definition) is 0. The molecule has 0 spiro atoms. The van der Waals surface area contributed by atoms with E-state index in [-0.39, 0.29) is 23.3 Å². The Bertz CT molecular complexity index is 1040. The minimum Gasteiger partial charge on any atom is -0.459 e.